The molecule has 1 rings (SSSR count). The Morgan fingerprint density at radius 3 is 2.50 bits per heavy atom. The van der Waals surface area contributed by atoms with Gasteiger partial charge < -0.3 is 5.11 Å². The monoisotopic (exact) mass is 224 g/mol. The second-order valence-electron chi connectivity index (χ2n) is 5.10. The Labute approximate surface area is 98.7 Å². The first-order chi connectivity index (χ1) is 7.66. The summed E-state index contributed by atoms with van der Waals surface area (Å²) in [5.74, 6) is -0.776. The van der Waals surface area contributed by atoms with Crippen LogP contribution in [0.15, 0.2) is 12.7 Å². The number of hydrogen-bond acceptors (Lipinski definition) is 1. The van der Waals surface area contributed by atoms with E-state index in [0.717, 1.165) is 32.1 Å². The lowest BCUT2D eigenvalue weighted by atomic mass is 9.63. The summed E-state index contributed by atoms with van der Waals surface area (Å²) in [5.41, 5.74) is 0.00183. The van der Waals surface area contributed by atoms with Gasteiger partial charge in [-0.15, -0.1) is 6.58 Å². The molecule has 0 bridgehead atoms. The van der Waals surface area contributed by atoms with Crippen molar-refractivity contribution in [2.75, 3.05) is 0 Å². The van der Waals surface area contributed by atoms with Gasteiger partial charge in [0.25, 0.3) is 0 Å². The molecule has 2 heteroatoms. The lowest BCUT2D eigenvalue weighted by molar-refractivity contribution is -0.148. The Bertz CT molecular complexity index is 239. The third-order valence-corrected chi connectivity index (χ3v) is 4.01. The first-order valence-electron chi connectivity index (χ1n) is 6.50. The van der Waals surface area contributed by atoms with E-state index >= 15 is 0 Å². The van der Waals surface area contributed by atoms with E-state index in [1.807, 2.05) is 6.08 Å². The Kier molecular flexibility index (Phi) is 5.04. The van der Waals surface area contributed by atoms with Crippen LogP contribution < -0.4 is 0 Å². The highest BCUT2D eigenvalue weighted by molar-refractivity contribution is 5.71. The quantitative estimate of drug-likeness (QED) is 0.692. The molecule has 1 atom stereocenters. The van der Waals surface area contributed by atoms with Crippen LogP contribution in [-0.2, 0) is 4.79 Å². The second kappa shape index (κ2) is 6.07. The average molecular weight is 224 g/mol. The molecule has 0 aromatic carbocycles. The van der Waals surface area contributed by atoms with Crippen LogP contribution >= 0.6 is 0 Å². The molecular weight excluding hydrogens is 200 g/mol. The summed E-state index contributed by atoms with van der Waals surface area (Å²) in [6.07, 6.45) is 10.3. The van der Waals surface area contributed by atoms with Crippen LogP contribution in [0.4, 0.5) is 0 Å². The van der Waals surface area contributed by atoms with Crippen molar-refractivity contribution in [3.8, 4) is 0 Å². The number of allylic oxidation sites excluding steroid dienone is 1. The Hall–Kier alpha value is -0.790. The molecule has 1 fully saturated rings. The smallest absolute Gasteiger partial charge is 0.307 e. The van der Waals surface area contributed by atoms with Gasteiger partial charge in [-0.2, -0.15) is 0 Å². The van der Waals surface area contributed by atoms with Crippen LogP contribution in [0.1, 0.15) is 58.3 Å². The molecule has 1 saturated carbocycles. The third kappa shape index (κ3) is 2.87. The van der Waals surface area contributed by atoms with Crippen LogP contribution in [0.2, 0.25) is 0 Å². The summed E-state index contributed by atoms with van der Waals surface area (Å²) in [6.45, 7) is 5.88. The number of aliphatic carboxylic acids is 1. The van der Waals surface area contributed by atoms with Crippen LogP contribution in [0, 0.1) is 11.3 Å². The van der Waals surface area contributed by atoms with E-state index in [0.29, 0.717) is 0 Å². The molecular formula is C14H24O2. The molecule has 0 spiro atoms. The minimum absolute atomic E-state index is 0.00183. The van der Waals surface area contributed by atoms with Gasteiger partial charge in [-0.25, -0.2) is 0 Å². The highest BCUT2D eigenvalue weighted by Gasteiger charge is 2.41. The Morgan fingerprint density at radius 2 is 2.06 bits per heavy atom. The zero-order chi connectivity index (χ0) is 12.0. The fourth-order valence-electron chi connectivity index (χ4n) is 3.22. The first-order valence-corrected chi connectivity index (χ1v) is 6.50. The molecule has 16 heavy (non-hydrogen) atoms. The normalized spacial score (nSPS) is 21.3. The van der Waals surface area contributed by atoms with Crippen LogP contribution in [-0.4, -0.2) is 11.1 Å². The first kappa shape index (κ1) is 13.3. The molecule has 1 aliphatic rings. The number of carboxylic acid groups (broad SMARTS) is 1. The standard InChI is InChI=1S/C14H24O2/c1-3-8-12(13(15)16)14(9-4-2)10-6-5-7-11-14/h4,12H,2-3,5-11H2,1H3,(H,15,16). The van der Waals surface area contributed by atoms with Crippen LogP contribution in [0.5, 0.6) is 0 Å². The maximum Gasteiger partial charge on any atom is 0.307 e. The predicted molar refractivity (Wildman–Crippen MR) is 66.4 cm³/mol. The molecule has 0 aromatic heterocycles. The van der Waals surface area contributed by atoms with Crippen LogP contribution in [0.3, 0.4) is 0 Å². The van der Waals surface area contributed by atoms with E-state index in [1.165, 1.54) is 19.3 Å². The summed E-state index contributed by atoms with van der Waals surface area (Å²) in [6, 6.07) is 0. The van der Waals surface area contributed by atoms with Gasteiger partial charge in [0.2, 0.25) is 0 Å². The van der Waals surface area contributed by atoms with Crippen molar-refractivity contribution in [1.82, 2.24) is 0 Å². The Balaban J connectivity index is 2.86. The predicted octanol–water partition coefficient (Wildman–Crippen LogP) is 4.01. The Morgan fingerprint density at radius 1 is 1.44 bits per heavy atom. The van der Waals surface area contributed by atoms with E-state index in [9.17, 15) is 9.90 Å². The molecule has 1 N–H and O–H groups in total. The molecule has 1 unspecified atom stereocenters. The fourth-order valence-corrected chi connectivity index (χ4v) is 3.22. The molecule has 0 radical (unpaired) electrons. The third-order valence-electron chi connectivity index (χ3n) is 4.01. The van der Waals surface area contributed by atoms with Crippen molar-refractivity contribution in [3.63, 3.8) is 0 Å². The summed E-state index contributed by atoms with van der Waals surface area (Å²) in [4.78, 5) is 11.4. The zero-order valence-corrected chi connectivity index (χ0v) is 10.4. The minimum Gasteiger partial charge on any atom is -0.481 e. The topological polar surface area (TPSA) is 37.3 Å². The average Bonchev–Trinajstić information content (AvgIpc) is 2.27. The zero-order valence-electron chi connectivity index (χ0n) is 10.4. The van der Waals surface area contributed by atoms with Crippen molar-refractivity contribution in [2.45, 2.75) is 58.3 Å². The number of carboxylic acids is 1. The van der Waals surface area contributed by atoms with E-state index in [-0.39, 0.29) is 11.3 Å². The lowest BCUT2D eigenvalue weighted by Crippen LogP contribution is -2.37. The van der Waals surface area contributed by atoms with Crippen molar-refractivity contribution in [1.29, 1.82) is 0 Å². The molecule has 92 valence electrons. The molecule has 0 heterocycles. The van der Waals surface area contributed by atoms with E-state index in [1.54, 1.807) is 0 Å². The summed E-state index contributed by atoms with van der Waals surface area (Å²) in [7, 11) is 0. The largest absolute Gasteiger partial charge is 0.481 e. The SMILES string of the molecule is C=CCC1(C(CCC)C(=O)O)CCCCC1. The molecule has 2 nitrogen and oxygen atoms in total. The molecule has 1 aliphatic carbocycles. The van der Waals surface area contributed by atoms with E-state index in [4.69, 9.17) is 0 Å². The van der Waals surface area contributed by atoms with Crippen LogP contribution in [0.25, 0.3) is 0 Å². The van der Waals surface area contributed by atoms with Crippen molar-refractivity contribution < 1.29 is 9.90 Å². The fraction of sp³-hybridized carbons (Fsp3) is 0.786. The summed E-state index contributed by atoms with van der Waals surface area (Å²) in [5, 5.41) is 9.41. The van der Waals surface area contributed by atoms with Crippen molar-refractivity contribution in [2.24, 2.45) is 11.3 Å². The molecule has 0 amide bonds. The van der Waals surface area contributed by atoms with Gasteiger partial charge in [0.05, 0.1) is 5.92 Å². The highest BCUT2D eigenvalue weighted by atomic mass is 16.4. The summed E-state index contributed by atoms with van der Waals surface area (Å²) < 4.78 is 0. The van der Waals surface area contributed by atoms with Gasteiger partial charge in [0, 0.05) is 0 Å². The van der Waals surface area contributed by atoms with E-state index in [2.05, 4.69) is 13.5 Å². The molecule has 0 aromatic rings. The van der Waals surface area contributed by atoms with Crippen molar-refractivity contribution >= 4 is 5.97 Å². The van der Waals surface area contributed by atoms with Gasteiger partial charge in [-0.1, -0.05) is 38.7 Å². The van der Waals surface area contributed by atoms with Gasteiger partial charge >= 0.3 is 5.97 Å². The molecule has 0 saturated heterocycles. The highest BCUT2D eigenvalue weighted by Crippen LogP contribution is 2.47. The van der Waals surface area contributed by atoms with Gasteiger partial charge in [-0.3, -0.25) is 4.79 Å². The minimum atomic E-state index is -0.606. The maximum atomic E-state index is 11.4. The lowest BCUT2D eigenvalue weighted by Gasteiger charge is -2.41. The summed E-state index contributed by atoms with van der Waals surface area (Å²) >= 11 is 0. The van der Waals surface area contributed by atoms with Gasteiger partial charge in [0.1, 0.15) is 0 Å². The number of rotatable bonds is 6. The molecule has 0 aliphatic heterocycles. The van der Waals surface area contributed by atoms with Gasteiger partial charge in [-0.05, 0) is 31.1 Å². The van der Waals surface area contributed by atoms with Gasteiger partial charge in [0.15, 0.2) is 0 Å². The number of hydrogen-bond donors (Lipinski definition) is 1. The maximum absolute atomic E-state index is 11.4. The second-order valence-corrected chi connectivity index (χ2v) is 5.10. The number of carbonyl (C=O) groups is 1. The van der Waals surface area contributed by atoms with Crippen molar-refractivity contribution in [3.05, 3.63) is 12.7 Å². The van der Waals surface area contributed by atoms with E-state index < -0.39 is 5.97 Å².